The molecule has 2 heterocycles. The Hall–Kier alpha value is -3.48. The van der Waals surface area contributed by atoms with Gasteiger partial charge in [0.25, 0.3) is 5.56 Å². The third-order valence-electron chi connectivity index (χ3n) is 5.29. The van der Waals surface area contributed by atoms with Crippen LogP contribution in [0, 0.1) is 5.92 Å². The normalized spacial score (nSPS) is 13.4. The molecule has 2 aromatic carbocycles. The summed E-state index contributed by atoms with van der Waals surface area (Å²) in [7, 11) is 0. The average Bonchev–Trinajstić information content (AvgIpc) is 3.17. The first-order valence-electron chi connectivity index (χ1n) is 9.75. The molecule has 7 nitrogen and oxygen atoms in total. The summed E-state index contributed by atoms with van der Waals surface area (Å²) in [5.41, 5.74) is 1.51. The van der Waals surface area contributed by atoms with Crippen LogP contribution in [0.4, 0.5) is 0 Å². The number of nitrogens with zero attached hydrogens (tertiary/aromatic N) is 3. The van der Waals surface area contributed by atoms with E-state index in [1.165, 1.54) is 4.68 Å². The first kappa shape index (κ1) is 18.9. The maximum atomic E-state index is 12.8. The summed E-state index contributed by atoms with van der Waals surface area (Å²) in [4.78, 5) is 33.3. The Bertz CT molecular complexity index is 1190. The van der Waals surface area contributed by atoms with E-state index in [1.54, 1.807) is 18.3 Å². The monoisotopic (exact) mass is 389 g/mol. The van der Waals surface area contributed by atoms with Gasteiger partial charge in [-0.05, 0) is 24.1 Å². The maximum absolute atomic E-state index is 12.8. The van der Waals surface area contributed by atoms with Crippen molar-refractivity contribution in [1.82, 2.24) is 25.1 Å². The van der Waals surface area contributed by atoms with Gasteiger partial charge >= 0.3 is 0 Å². The van der Waals surface area contributed by atoms with Crippen molar-refractivity contribution in [2.75, 3.05) is 0 Å². The molecule has 2 aromatic heterocycles. The van der Waals surface area contributed by atoms with Crippen molar-refractivity contribution >= 4 is 27.7 Å². The molecule has 0 saturated carbocycles. The number of hydrogen-bond acceptors (Lipinski definition) is 4. The molecule has 1 amide bonds. The number of hydrogen-bond donors (Lipinski definition) is 2. The summed E-state index contributed by atoms with van der Waals surface area (Å²) < 4.78 is 1.20. The molecule has 0 fully saturated rings. The van der Waals surface area contributed by atoms with Gasteiger partial charge in [0.05, 0.1) is 28.7 Å². The van der Waals surface area contributed by atoms with Crippen molar-refractivity contribution in [2.45, 2.75) is 32.9 Å². The molecule has 29 heavy (non-hydrogen) atoms. The first-order chi connectivity index (χ1) is 14.1. The minimum absolute atomic E-state index is 0.142. The Morgan fingerprint density at radius 2 is 1.93 bits per heavy atom. The molecule has 2 atom stereocenters. The summed E-state index contributed by atoms with van der Waals surface area (Å²) in [6.07, 6.45) is 2.48. The van der Waals surface area contributed by atoms with Crippen LogP contribution in [-0.2, 0) is 11.3 Å². The van der Waals surface area contributed by atoms with Crippen LogP contribution < -0.4 is 10.9 Å². The molecule has 0 unspecified atom stereocenters. The van der Waals surface area contributed by atoms with E-state index in [0.29, 0.717) is 11.2 Å². The predicted octanol–water partition coefficient (Wildman–Crippen LogP) is 3.18. The van der Waals surface area contributed by atoms with Gasteiger partial charge in [-0.25, -0.2) is 9.67 Å². The van der Waals surface area contributed by atoms with Crippen LogP contribution in [0.25, 0.3) is 21.8 Å². The van der Waals surface area contributed by atoms with Gasteiger partial charge in [0, 0.05) is 5.39 Å². The first-order valence-corrected chi connectivity index (χ1v) is 9.75. The maximum Gasteiger partial charge on any atom is 0.275 e. The van der Waals surface area contributed by atoms with Gasteiger partial charge in [-0.3, -0.25) is 9.59 Å². The van der Waals surface area contributed by atoms with Crippen molar-refractivity contribution in [2.24, 2.45) is 5.92 Å². The molecule has 7 heteroatoms. The van der Waals surface area contributed by atoms with Crippen LogP contribution in [0.2, 0.25) is 0 Å². The quantitative estimate of drug-likeness (QED) is 0.530. The Labute approximate surface area is 167 Å². The third kappa shape index (κ3) is 3.76. The largest absolute Gasteiger partial charge is 0.344 e. The van der Waals surface area contributed by atoms with E-state index in [0.717, 1.165) is 22.8 Å². The Morgan fingerprint density at radius 3 is 2.72 bits per heavy atom. The van der Waals surface area contributed by atoms with Gasteiger partial charge in [0.2, 0.25) is 5.91 Å². The number of carbonyl (C=O) groups excluding carboxylic acids is 1. The molecule has 0 aliphatic carbocycles. The van der Waals surface area contributed by atoms with Crippen LogP contribution in [0.3, 0.4) is 0 Å². The molecule has 0 aliphatic rings. The average molecular weight is 389 g/mol. The fourth-order valence-corrected chi connectivity index (χ4v) is 3.43. The van der Waals surface area contributed by atoms with E-state index in [-0.39, 0.29) is 30.0 Å². The molecule has 4 rings (SSSR count). The number of nitrogens with one attached hydrogen (secondary N) is 2. The lowest BCUT2D eigenvalue weighted by Gasteiger charge is -2.22. The smallest absolute Gasteiger partial charge is 0.275 e. The standard InChI is InChI=1S/C22H23N5O2/c1-3-14(2)20(21-24-17-10-6-7-11-18(17)25-21)26-19(28)13-27-22(29)16-9-5-4-8-15(16)12-23-27/h4-12,14,20H,3,13H2,1-2H3,(H,24,25)(H,26,28)/t14-,20+/m0/s1. The SMILES string of the molecule is CC[C@H](C)[C@@H](NC(=O)Cn1ncc2ccccc2c1=O)c1nc2ccccc2[nH]1. The summed E-state index contributed by atoms with van der Waals surface area (Å²) in [6.45, 7) is 4.00. The number of imidazole rings is 1. The highest BCUT2D eigenvalue weighted by Crippen LogP contribution is 2.24. The molecule has 2 N–H and O–H groups in total. The lowest BCUT2D eigenvalue weighted by atomic mass is 9.98. The number of para-hydroxylation sites is 2. The molecule has 0 saturated heterocycles. The summed E-state index contributed by atoms with van der Waals surface area (Å²) in [5, 5.41) is 8.49. The van der Waals surface area contributed by atoms with Gasteiger partial charge in [0.15, 0.2) is 0 Å². The molecule has 0 radical (unpaired) electrons. The number of H-pyrrole nitrogens is 1. The summed E-state index contributed by atoms with van der Waals surface area (Å²) in [6, 6.07) is 14.7. The number of rotatable bonds is 6. The topological polar surface area (TPSA) is 92.7 Å². The van der Waals surface area contributed by atoms with Crippen LogP contribution in [-0.4, -0.2) is 25.7 Å². The zero-order valence-electron chi connectivity index (χ0n) is 16.4. The number of benzene rings is 2. The van der Waals surface area contributed by atoms with Gasteiger partial charge in [0.1, 0.15) is 12.4 Å². The summed E-state index contributed by atoms with van der Waals surface area (Å²) in [5.74, 6) is 0.606. The lowest BCUT2D eigenvalue weighted by Crippen LogP contribution is -2.38. The molecule has 0 aliphatic heterocycles. The minimum Gasteiger partial charge on any atom is -0.344 e. The van der Waals surface area contributed by atoms with E-state index >= 15 is 0 Å². The highest BCUT2D eigenvalue weighted by Gasteiger charge is 2.24. The minimum atomic E-state index is -0.281. The van der Waals surface area contributed by atoms with Gasteiger partial charge in [-0.2, -0.15) is 5.10 Å². The second-order valence-corrected chi connectivity index (χ2v) is 7.26. The Kier molecular flexibility index (Phi) is 5.12. The molecule has 0 spiro atoms. The van der Waals surface area contributed by atoms with E-state index in [2.05, 4.69) is 34.2 Å². The van der Waals surface area contributed by atoms with E-state index in [1.807, 2.05) is 36.4 Å². The zero-order valence-corrected chi connectivity index (χ0v) is 16.4. The van der Waals surface area contributed by atoms with E-state index in [4.69, 9.17) is 0 Å². The predicted molar refractivity (Wildman–Crippen MR) is 112 cm³/mol. The van der Waals surface area contributed by atoms with Crippen LogP contribution in [0.5, 0.6) is 0 Å². The highest BCUT2D eigenvalue weighted by molar-refractivity contribution is 5.81. The van der Waals surface area contributed by atoms with Crippen molar-refractivity contribution in [3.8, 4) is 0 Å². The second-order valence-electron chi connectivity index (χ2n) is 7.26. The van der Waals surface area contributed by atoms with Crippen LogP contribution in [0.15, 0.2) is 59.5 Å². The third-order valence-corrected chi connectivity index (χ3v) is 5.29. The van der Waals surface area contributed by atoms with Gasteiger partial charge < -0.3 is 10.3 Å². The number of amides is 1. The van der Waals surface area contributed by atoms with Crippen LogP contribution >= 0.6 is 0 Å². The van der Waals surface area contributed by atoms with Crippen molar-refractivity contribution in [1.29, 1.82) is 0 Å². The van der Waals surface area contributed by atoms with Crippen molar-refractivity contribution in [3.05, 3.63) is 70.9 Å². The molecule has 0 bridgehead atoms. The number of carbonyl (C=O) groups is 1. The molecular formula is C22H23N5O2. The van der Waals surface area contributed by atoms with Gasteiger partial charge in [-0.1, -0.05) is 50.6 Å². The zero-order chi connectivity index (χ0) is 20.4. The molecular weight excluding hydrogens is 366 g/mol. The highest BCUT2D eigenvalue weighted by atomic mass is 16.2. The lowest BCUT2D eigenvalue weighted by molar-refractivity contribution is -0.123. The van der Waals surface area contributed by atoms with Crippen LogP contribution in [0.1, 0.15) is 32.1 Å². The van der Waals surface area contributed by atoms with E-state index < -0.39 is 0 Å². The fourth-order valence-electron chi connectivity index (χ4n) is 3.43. The Balaban J connectivity index is 1.59. The Morgan fingerprint density at radius 1 is 1.17 bits per heavy atom. The van der Waals surface area contributed by atoms with E-state index in [9.17, 15) is 9.59 Å². The second kappa shape index (κ2) is 7.87. The van der Waals surface area contributed by atoms with Crippen molar-refractivity contribution in [3.63, 3.8) is 0 Å². The van der Waals surface area contributed by atoms with Crippen molar-refractivity contribution < 1.29 is 4.79 Å². The molecule has 148 valence electrons. The molecule has 4 aromatic rings. The fraction of sp³-hybridized carbons (Fsp3) is 0.273. The number of aromatic amines is 1. The number of fused-ring (bicyclic) bond motifs is 2. The summed E-state index contributed by atoms with van der Waals surface area (Å²) >= 11 is 0. The van der Waals surface area contributed by atoms with Gasteiger partial charge in [-0.15, -0.1) is 0 Å². The number of aromatic nitrogens is 4.